The van der Waals surface area contributed by atoms with Crippen molar-refractivity contribution in [3.63, 3.8) is 0 Å². The molecule has 58 heavy (non-hydrogen) atoms. The van der Waals surface area contributed by atoms with Crippen LogP contribution in [0.2, 0.25) is 21.6 Å². The van der Waals surface area contributed by atoms with Crippen molar-refractivity contribution >= 4 is 43.7 Å². The third-order valence-corrected chi connectivity index (χ3v) is 18.3. The van der Waals surface area contributed by atoms with Crippen LogP contribution in [0.3, 0.4) is 0 Å². The molecule has 2 aliphatic rings. The number of hydrogen-bond acceptors (Lipinski definition) is 8. The molecule has 0 aromatic heterocycles. The molecule has 0 aliphatic carbocycles. The molecule has 10 nitrogen and oxygen atoms in total. The molecule has 2 heterocycles. The van der Waals surface area contributed by atoms with Crippen LogP contribution in [0.15, 0.2) is 54.6 Å². The van der Waals surface area contributed by atoms with Gasteiger partial charge in [-0.05, 0) is 84.1 Å². The standard InChI is InChI=1S/C46H67ClN2O8Si/c1-27(2)22-39-44(52)55-38(32(10)41-42(57-41)35-20-18-33(19-21-35)25-54-58(28(3)4,29(5)6)30(7)8)14-13-15-40(50)49-37(24-34-17-16-31(9)36(47)23-34)43(51)48-26-46(11,12)45(53)56-39/h13,15-21,23,27-30,32,37-39,41-42H,14,22,24-26H2,1-12H3,(H,48,51)(H,49,50)/b15-13+/t32-,37+,38-,39-,41+,42+/m0/s1. The Balaban J connectivity index is 1.56. The maximum atomic E-state index is 13.9. The van der Waals surface area contributed by atoms with E-state index in [1.165, 1.54) is 6.08 Å². The van der Waals surface area contributed by atoms with Gasteiger partial charge in [0.25, 0.3) is 0 Å². The quantitative estimate of drug-likeness (QED) is 0.116. The summed E-state index contributed by atoms with van der Waals surface area (Å²) in [6, 6.07) is 12.9. The number of epoxide rings is 1. The van der Waals surface area contributed by atoms with E-state index in [9.17, 15) is 19.2 Å². The first-order chi connectivity index (χ1) is 27.2. The third kappa shape index (κ3) is 12.0. The summed E-state index contributed by atoms with van der Waals surface area (Å²) in [4.78, 5) is 54.4. The maximum Gasteiger partial charge on any atom is 0.347 e. The van der Waals surface area contributed by atoms with Crippen molar-refractivity contribution in [2.45, 2.75) is 156 Å². The Kier molecular flexibility index (Phi) is 16.4. The Morgan fingerprint density at radius 2 is 1.50 bits per heavy atom. The fraction of sp³-hybridized carbons (Fsp3) is 0.609. The number of amides is 2. The summed E-state index contributed by atoms with van der Waals surface area (Å²) in [7, 11) is -2.02. The Morgan fingerprint density at radius 1 is 0.879 bits per heavy atom. The van der Waals surface area contributed by atoms with Gasteiger partial charge in [0.1, 0.15) is 18.2 Å². The number of aryl methyl sites for hydroxylation is 1. The second-order valence-electron chi connectivity index (χ2n) is 18.3. The average Bonchev–Trinajstić information content (AvgIpc) is 3.95. The summed E-state index contributed by atoms with van der Waals surface area (Å²) >= 11 is 6.38. The molecular weight excluding hydrogens is 772 g/mol. The number of carbonyl (C=O) groups is 4. The number of nitrogens with one attached hydrogen (secondary N) is 2. The molecule has 0 radical (unpaired) electrons. The van der Waals surface area contributed by atoms with Gasteiger partial charge in [-0.1, -0.05) is 116 Å². The lowest BCUT2D eigenvalue weighted by molar-refractivity contribution is -0.179. The van der Waals surface area contributed by atoms with Crippen LogP contribution in [0, 0.1) is 24.2 Å². The summed E-state index contributed by atoms with van der Waals surface area (Å²) < 4.78 is 25.1. The highest BCUT2D eigenvalue weighted by atomic mass is 35.5. The number of hydrogen-bond donors (Lipinski definition) is 2. The molecule has 2 aromatic carbocycles. The van der Waals surface area contributed by atoms with Gasteiger partial charge in [0, 0.05) is 30.3 Å². The van der Waals surface area contributed by atoms with Crippen molar-refractivity contribution in [2.75, 3.05) is 6.54 Å². The van der Waals surface area contributed by atoms with Gasteiger partial charge >= 0.3 is 11.9 Å². The van der Waals surface area contributed by atoms with Crippen LogP contribution < -0.4 is 10.6 Å². The molecule has 1 saturated heterocycles. The minimum Gasteiger partial charge on any atom is -0.459 e. The lowest BCUT2D eigenvalue weighted by Gasteiger charge is -2.42. The number of ether oxygens (including phenoxy) is 3. The summed E-state index contributed by atoms with van der Waals surface area (Å²) in [5.41, 5.74) is 4.07. The minimum absolute atomic E-state index is 0.0127. The Hall–Kier alpha value is -3.51. The van der Waals surface area contributed by atoms with E-state index in [1.54, 1.807) is 26.0 Å². The van der Waals surface area contributed by atoms with Crippen LogP contribution in [-0.4, -0.2) is 63.0 Å². The Bertz CT molecular complexity index is 1750. The van der Waals surface area contributed by atoms with Gasteiger partial charge < -0.3 is 29.3 Å². The summed E-state index contributed by atoms with van der Waals surface area (Å²) in [6.07, 6.45) is 1.29. The summed E-state index contributed by atoms with van der Waals surface area (Å²) in [5.74, 6) is -2.54. The van der Waals surface area contributed by atoms with Crippen molar-refractivity contribution in [3.8, 4) is 0 Å². The zero-order chi connectivity index (χ0) is 43.1. The predicted octanol–water partition coefficient (Wildman–Crippen LogP) is 9.12. The predicted molar refractivity (Wildman–Crippen MR) is 231 cm³/mol. The summed E-state index contributed by atoms with van der Waals surface area (Å²) in [5, 5.41) is 6.18. The molecule has 2 amide bonds. The van der Waals surface area contributed by atoms with E-state index >= 15 is 0 Å². The van der Waals surface area contributed by atoms with Crippen LogP contribution in [0.25, 0.3) is 0 Å². The van der Waals surface area contributed by atoms with Gasteiger partial charge in [0.2, 0.25) is 20.1 Å². The molecule has 320 valence electrons. The molecule has 2 N–H and O–H groups in total. The molecule has 1 fully saturated rings. The van der Waals surface area contributed by atoms with Crippen LogP contribution in [0.4, 0.5) is 0 Å². The minimum atomic E-state index is -2.02. The second-order valence-corrected chi connectivity index (χ2v) is 24.2. The topological polar surface area (TPSA) is 133 Å². The number of esters is 2. The molecule has 4 rings (SSSR count). The van der Waals surface area contributed by atoms with E-state index in [1.807, 2.05) is 39.8 Å². The molecule has 2 aromatic rings. The van der Waals surface area contributed by atoms with Crippen molar-refractivity contribution in [1.29, 1.82) is 0 Å². The summed E-state index contributed by atoms with van der Waals surface area (Å²) in [6.45, 7) is 25.2. The van der Waals surface area contributed by atoms with Crippen molar-refractivity contribution in [3.05, 3.63) is 81.9 Å². The number of halogens is 1. The maximum absolute atomic E-state index is 13.9. The first kappa shape index (κ1) is 47.2. The van der Waals surface area contributed by atoms with Crippen LogP contribution >= 0.6 is 11.6 Å². The van der Waals surface area contributed by atoms with E-state index in [0.29, 0.717) is 28.3 Å². The number of cyclic esters (lactones) is 2. The molecule has 0 bridgehead atoms. The SMILES string of the molecule is Cc1ccc(C[C@H]2NC(=O)/C=C/C[C@@H]([C@H](C)[C@H]3O[C@@H]3c3ccc(CO[Si](C(C)C)(C(C)C)C(C)C)cc3)OC(=O)[C@H](CC(C)C)OC(=O)C(C)(C)CNC2=O)cc1Cl. The molecule has 2 aliphatic heterocycles. The van der Waals surface area contributed by atoms with Crippen LogP contribution in [0.5, 0.6) is 0 Å². The van der Waals surface area contributed by atoms with Crippen molar-refractivity contribution in [1.82, 2.24) is 10.6 Å². The highest BCUT2D eigenvalue weighted by molar-refractivity contribution is 6.77. The molecule has 0 spiro atoms. The largest absolute Gasteiger partial charge is 0.459 e. The van der Waals surface area contributed by atoms with E-state index in [0.717, 1.165) is 22.3 Å². The van der Waals surface area contributed by atoms with Gasteiger partial charge in [0.15, 0.2) is 6.10 Å². The first-order valence-electron chi connectivity index (χ1n) is 21.0. The lowest BCUT2D eigenvalue weighted by atomic mass is 9.92. The number of benzene rings is 2. The average molecular weight is 840 g/mol. The molecule has 0 saturated carbocycles. The molecular formula is C46H67ClN2O8Si. The molecule has 0 unspecified atom stereocenters. The van der Waals surface area contributed by atoms with Crippen molar-refractivity contribution in [2.24, 2.45) is 17.3 Å². The Labute approximate surface area is 352 Å². The number of carbonyl (C=O) groups excluding carboxylic acids is 4. The highest BCUT2D eigenvalue weighted by Crippen LogP contribution is 2.46. The Morgan fingerprint density at radius 3 is 2.09 bits per heavy atom. The van der Waals surface area contributed by atoms with Gasteiger partial charge in [-0.25, -0.2) is 4.79 Å². The first-order valence-corrected chi connectivity index (χ1v) is 23.5. The van der Waals surface area contributed by atoms with Gasteiger partial charge in [0.05, 0.1) is 18.1 Å². The van der Waals surface area contributed by atoms with E-state index in [2.05, 4.69) is 76.4 Å². The van der Waals surface area contributed by atoms with Gasteiger partial charge in [-0.15, -0.1) is 0 Å². The third-order valence-electron chi connectivity index (χ3n) is 11.8. The van der Waals surface area contributed by atoms with Crippen LogP contribution in [0.1, 0.15) is 117 Å². The highest BCUT2D eigenvalue weighted by Gasteiger charge is 2.48. The van der Waals surface area contributed by atoms with E-state index < -0.39 is 55.7 Å². The van der Waals surface area contributed by atoms with Gasteiger partial charge in [-0.2, -0.15) is 0 Å². The fourth-order valence-corrected chi connectivity index (χ4v) is 13.9. The van der Waals surface area contributed by atoms with E-state index in [4.69, 9.17) is 30.2 Å². The monoisotopic (exact) mass is 838 g/mol. The van der Waals surface area contributed by atoms with Crippen LogP contribution in [-0.2, 0) is 50.8 Å². The normalized spacial score (nSPS) is 24.7. The number of rotatable bonds is 13. The van der Waals surface area contributed by atoms with Gasteiger partial charge in [-0.3, -0.25) is 14.4 Å². The second kappa shape index (κ2) is 20.2. The lowest BCUT2D eigenvalue weighted by Crippen LogP contribution is -2.51. The zero-order valence-electron chi connectivity index (χ0n) is 36.6. The van der Waals surface area contributed by atoms with Crippen molar-refractivity contribution < 1.29 is 37.8 Å². The van der Waals surface area contributed by atoms with E-state index in [-0.39, 0.29) is 49.9 Å². The molecule has 12 heteroatoms. The smallest absolute Gasteiger partial charge is 0.347 e. The fourth-order valence-electron chi connectivity index (χ4n) is 8.26. The zero-order valence-corrected chi connectivity index (χ0v) is 38.4. The molecule has 6 atom stereocenters.